The summed E-state index contributed by atoms with van der Waals surface area (Å²) in [5.41, 5.74) is 0. The predicted molar refractivity (Wildman–Crippen MR) is 55.5 cm³/mol. The van der Waals surface area contributed by atoms with Crippen LogP contribution in [0.2, 0.25) is 0 Å². The average Bonchev–Trinajstić information content (AvgIpc) is 2.02. The van der Waals surface area contributed by atoms with E-state index in [9.17, 15) is 0 Å². The van der Waals surface area contributed by atoms with Gasteiger partial charge in [-0.2, -0.15) is 0 Å². The Morgan fingerprint density at radius 3 is 2.25 bits per heavy atom. The van der Waals surface area contributed by atoms with E-state index in [1.165, 1.54) is 19.4 Å². The van der Waals surface area contributed by atoms with Gasteiger partial charge in [0.15, 0.2) is 0 Å². The molecule has 0 aliphatic carbocycles. The second-order valence-electron chi connectivity index (χ2n) is 3.64. The summed E-state index contributed by atoms with van der Waals surface area (Å²) in [6.07, 6.45) is 2.65. The lowest BCUT2D eigenvalue weighted by Gasteiger charge is -2.06. The lowest BCUT2D eigenvalue weighted by Crippen LogP contribution is -2.27. The zero-order chi connectivity index (χ0) is 9.23. The molecular formula is C10H24N2. The van der Waals surface area contributed by atoms with Gasteiger partial charge in [0.25, 0.3) is 0 Å². The van der Waals surface area contributed by atoms with Gasteiger partial charge < -0.3 is 10.6 Å². The molecule has 0 amide bonds. The quantitative estimate of drug-likeness (QED) is 0.544. The number of likely N-dealkylation sites (N-methyl/N-ethyl adjacent to an activating group) is 1. The van der Waals surface area contributed by atoms with Gasteiger partial charge in [0.1, 0.15) is 0 Å². The van der Waals surface area contributed by atoms with Gasteiger partial charge in [-0.05, 0) is 31.8 Å². The standard InChI is InChI=1S/C10H24N2/c1-4-11-8-9-12-7-5-6-10(2)3/h10-12H,4-9H2,1-3H3. The summed E-state index contributed by atoms with van der Waals surface area (Å²) >= 11 is 0. The molecule has 0 aliphatic rings. The maximum Gasteiger partial charge on any atom is 0.00767 e. The van der Waals surface area contributed by atoms with Gasteiger partial charge in [-0.1, -0.05) is 20.8 Å². The van der Waals surface area contributed by atoms with Crippen molar-refractivity contribution in [2.24, 2.45) is 5.92 Å². The van der Waals surface area contributed by atoms with Crippen molar-refractivity contribution in [2.45, 2.75) is 33.6 Å². The SMILES string of the molecule is CCNCCNCCCC(C)C. The van der Waals surface area contributed by atoms with Gasteiger partial charge >= 0.3 is 0 Å². The van der Waals surface area contributed by atoms with Crippen LogP contribution in [0, 0.1) is 5.92 Å². The van der Waals surface area contributed by atoms with Crippen molar-refractivity contribution < 1.29 is 0 Å². The second-order valence-corrected chi connectivity index (χ2v) is 3.64. The summed E-state index contributed by atoms with van der Waals surface area (Å²) in [7, 11) is 0. The number of rotatable bonds is 8. The average molecular weight is 172 g/mol. The Morgan fingerprint density at radius 1 is 1.00 bits per heavy atom. The summed E-state index contributed by atoms with van der Waals surface area (Å²) in [4.78, 5) is 0. The number of hydrogen-bond donors (Lipinski definition) is 2. The molecule has 0 aromatic rings. The molecule has 74 valence electrons. The lowest BCUT2D eigenvalue weighted by molar-refractivity contribution is 0.523. The van der Waals surface area contributed by atoms with Crippen LogP contribution >= 0.6 is 0 Å². The third kappa shape index (κ3) is 9.92. The molecule has 12 heavy (non-hydrogen) atoms. The second kappa shape index (κ2) is 9.01. The highest BCUT2D eigenvalue weighted by molar-refractivity contribution is 4.52. The molecule has 0 fully saturated rings. The van der Waals surface area contributed by atoms with Crippen LogP contribution in [-0.2, 0) is 0 Å². The van der Waals surface area contributed by atoms with Gasteiger partial charge in [-0.3, -0.25) is 0 Å². The lowest BCUT2D eigenvalue weighted by atomic mass is 10.1. The molecule has 0 aromatic carbocycles. The van der Waals surface area contributed by atoms with Crippen LogP contribution < -0.4 is 10.6 Å². The van der Waals surface area contributed by atoms with Crippen LogP contribution in [0.25, 0.3) is 0 Å². The van der Waals surface area contributed by atoms with Gasteiger partial charge in [-0.15, -0.1) is 0 Å². The molecule has 0 bridgehead atoms. The monoisotopic (exact) mass is 172 g/mol. The molecular weight excluding hydrogens is 148 g/mol. The molecule has 2 N–H and O–H groups in total. The summed E-state index contributed by atoms with van der Waals surface area (Å²) < 4.78 is 0. The fraction of sp³-hybridized carbons (Fsp3) is 1.00. The van der Waals surface area contributed by atoms with E-state index in [4.69, 9.17) is 0 Å². The summed E-state index contributed by atoms with van der Waals surface area (Å²) in [6, 6.07) is 0. The number of hydrogen-bond acceptors (Lipinski definition) is 2. The maximum atomic E-state index is 3.41. The Labute approximate surface area is 77.1 Å². The van der Waals surface area contributed by atoms with Crippen molar-refractivity contribution in [3.8, 4) is 0 Å². The minimum atomic E-state index is 0.848. The van der Waals surface area contributed by atoms with Crippen LogP contribution in [0.1, 0.15) is 33.6 Å². The maximum absolute atomic E-state index is 3.41. The van der Waals surface area contributed by atoms with Crippen molar-refractivity contribution in [2.75, 3.05) is 26.2 Å². The molecule has 0 radical (unpaired) electrons. The van der Waals surface area contributed by atoms with Gasteiger partial charge in [0, 0.05) is 13.1 Å². The molecule has 0 unspecified atom stereocenters. The van der Waals surface area contributed by atoms with E-state index in [1.54, 1.807) is 0 Å². The molecule has 0 atom stereocenters. The van der Waals surface area contributed by atoms with Gasteiger partial charge in [0.05, 0.1) is 0 Å². The highest BCUT2D eigenvalue weighted by Gasteiger charge is 1.92. The topological polar surface area (TPSA) is 24.1 Å². The Kier molecular flexibility index (Phi) is 8.95. The van der Waals surface area contributed by atoms with Crippen LogP contribution in [-0.4, -0.2) is 26.2 Å². The minimum absolute atomic E-state index is 0.848. The third-order valence-electron chi connectivity index (χ3n) is 1.86. The predicted octanol–water partition coefficient (Wildman–Crippen LogP) is 1.62. The summed E-state index contributed by atoms with van der Waals surface area (Å²) in [5, 5.41) is 6.70. The van der Waals surface area contributed by atoms with Crippen molar-refractivity contribution >= 4 is 0 Å². The van der Waals surface area contributed by atoms with Crippen LogP contribution in [0.3, 0.4) is 0 Å². The Bertz CT molecular complexity index is 81.9. The molecule has 0 saturated carbocycles. The van der Waals surface area contributed by atoms with E-state index < -0.39 is 0 Å². The smallest absolute Gasteiger partial charge is 0.00767 e. The fourth-order valence-corrected chi connectivity index (χ4v) is 1.11. The first-order chi connectivity index (χ1) is 5.77. The summed E-state index contributed by atoms with van der Waals surface area (Å²) in [6.45, 7) is 11.1. The molecule has 2 heteroatoms. The normalized spacial score (nSPS) is 11.0. The molecule has 2 nitrogen and oxygen atoms in total. The Balaban J connectivity index is 2.82. The van der Waals surface area contributed by atoms with E-state index in [0.29, 0.717) is 0 Å². The summed E-state index contributed by atoms with van der Waals surface area (Å²) in [5.74, 6) is 0.848. The first kappa shape index (κ1) is 11.9. The minimum Gasteiger partial charge on any atom is -0.316 e. The van der Waals surface area contributed by atoms with E-state index in [1.807, 2.05) is 0 Å². The van der Waals surface area contributed by atoms with Crippen molar-refractivity contribution in [3.63, 3.8) is 0 Å². The highest BCUT2D eigenvalue weighted by Crippen LogP contribution is 2.01. The van der Waals surface area contributed by atoms with Crippen molar-refractivity contribution in [3.05, 3.63) is 0 Å². The first-order valence-corrected chi connectivity index (χ1v) is 5.18. The largest absolute Gasteiger partial charge is 0.316 e. The first-order valence-electron chi connectivity index (χ1n) is 5.18. The van der Waals surface area contributed by atoms with Crippen molar-refractivity contribution in [1.82, 2.24) is 10.6 Å². The highest BCUT2D eigenvalue weighted by atomic mass is 14.9. The Morgan fingerprint density at radius 2 is 1.67 bits per heavy atom. The molecule has 0 heterocycles. The zero-order valence-electron chi connectivity index (χ0n) is 8.82. The molecule has 0 spiro atoms. The fourth-order valence-electron chi connectivity index (χ4n) is 1.11. The number of nitrogens with one attached hydrogen (secondary N) is 2. The molecule has 0 rings (SSSR count). The van der Waals surface area contributed by atoms with Gasteiger partial charge in [-0.25, -0.2) is 0 Å². The van der Waals surface area contributed by atoms with E-state index in [0.717, 1.165) is 25.6 Å². The van der Waals surface area contributed by atoms with Crippen LogP contribution in [0.15, 0.2) is 0 Å². The van der Waals surface area contributed by atoms with E-state index >= 15 is 0 Å². The molecule has 0 aromatic heterocycles. The molecule has 0 saturated heterocycles. The van der Waals surface area contributed by atoms with E-state index in [2.05, 4.69) is 31.4 Å². The van der Waals surface area contributed by atoms with Crippen LogP contribution in [0.5, 0.6) is 0 Å². The van der Waals surface area contributed by atoms with E-state index in [-0.39, 0.29) is 0 Å². The molecule has 0 aliphatic heterocycles. The Hall–Kier alpha value is -0.0800. The third-order valence-corrected chi connectivity index (χ3v) is 1.86. The zero-order valence-corrected chi connectivity index (χ0v) is 8.82. The van der Waals surface area contributed by atoms with Crippen molar-refractivity contribution in [1.29, 1.82) is 0 Å². The van der Waals surface area contributed by atoms with Gasteiger partial charge in [0.2, 0.25) is 0 Å². The van der Waals surface area contributed by atoms with Crippen LogP contribution in [0.4, 0.5) is 0 Å².